The Bertz CT molecular complexity index is 841. The molecule has 0 bridgehead atoms. The molecular weight excluding hydrogens is 318 g/mol. The summed E-state index contributed by atoms with van der Waals surface area (Å²) in [6.07, 6.45) is 1.69. The van der Waals surface area contributed by atoms with Gasteiger partial charge >= 0.3 is 11.9 Å². The first-order chi connectivity index (χ1) is 12.1. The van der Waals surface area contributed by atoms with Gasteiger partial charge in [-0.3, -0.25) is 9.79 Å². The molecule has 25 heavy (non-hydrogen) atoms. The Morgan fingerprint density at radius 2 is 1.52 bits per heavy atom. The van der Waals surface area contributed by atoms with Gasteiger partial charge in [0.05, 0.1) is 11.3 Å². The van der Waals surface area contributed by atoms with Crippen molar-refractivity contribution < 1.29 is 19.8 Å². The molecule has 1 aliphatic heterocycles. The smallest absolute Gasteiger partial charge is 0.334 e. The van der Waals surface area contributed by atoms with Crippen LogP contribution in [0.1, 0.15) is 17.0 Å². The number of carbonyl (C=O) groups is 2. The number of hydrogen-bond donors (Lipinski definition) is 2. The highest BCUT2D eigenvalue weighted by Crippen LogP contribution is 2.37. The van der Waals surface area contributed by atoms with Crippen molar-refractivity contribution in [1.29, 1.82) is 0 Å². The van der Waals surface area contributed by atoms with Crippen LogP contribution >= 0.6 is 0 Å². The van der Waals surface area contributed by atoms with E-state index in [0.717, 1.165) is 5.56 Å². The van der Waals surface area contributed by atoms with Crippen molar-refractivity contribution in [3.8, 4) is 0 Å². The number of carboxylic acid groups (broad SMARTS) is 2. The van der Waals surface area contributed by atoms with Gasteiger partial charge in [-0.1, -0.05) is 60.7 Å². The number of nitrogens with zero attached hydrogens (tertiary/aromatic N) is 1. The minimum Gasteiger partial charge on any atom is -0.481 e. The average molecular weight is 335 g/mol. The molecular formula is C20H17NO4. The fraction of sp³-hybridized carbons (Fsp3) is 0.150. The van der Waals surface area contributed by atoms with Crippen LogP contribution < -0.4 is 0 Å². The highest BCUT2D eigenvalue weighted by Gasteiger charge is 2.38. The molecule has 0 fully saturated rings. The van der Waals surface area contributed by atoms with Crippen molar-refractivity contribution >= 4 is 18.2 Å². The molecule has 5 heteroatoms. The monoisotopic (exact) mass is 335 g/mol. The van der Waals surface area contributed by atoms with E-state index in [1.807, 2.05) is 36.4 Å². The van der Waals surface area contributed by atoms with Gasteiger partial charge in [0.25, 0.3) is 0 Å². The molecule has 2 aromatic carbocycles. The minimum atomic E-state index is -1.14. The second kappa shape index (κ2) is 7.13. The summed E-state index contributed by atoms with van der Waals surface area (Å²) in [5, 5.41) is 19.3. The summed E-state index contributed by atoms with van der Waals surface area (Å²) in [6, 6.07) is 18.3. The third-order valence-corrected chi connectivity index (χ3v) is 4.26. The summed E-state index contributed by atoms with van der Waals surface area (Å²) in [7, 11) is 0. The Hall–Kier alpha value is -3.21. The first-order valence-corrected chi connectivity index (χ1v) is 7.90. The Morgan fingerprint density at radius 1 is 0.920 bits per heavy atom. The van der Waals surface area contributed by atoms with E-state index in [1.54, 1.807) is 24.3 Å². The first-order valence-electron chi connectivity index (χ1n) is 7.90. The average Bonchev–Trinajstić information content (AvgIpc) is 2.62. The lowest BCUT2D eigenvalue weighted by Crippen LogP contribution is -2.31. The summed E-state index contributed by atoms with van der Waals surface area (Å²) in [5.74, 6) is -4.00. The third-order valence-electron chi connectivity index (χ3n) is 4.26. The SMILES string of the molecule is O=C(O)C1=C(Cc2ccccc2)N=CC(C(=O)O)C1c1ccccc1. The highest BCUT2D eigenvalue weighted by atomic mass is 16.4. The Morgan fingerprint density at radius 3 is 2.08 bits per heavy atom. The standard InChI is InChI=1S/C20H17NO4/c22-19(23)15-12-21-16(11-13-7-3-1-4-8-13)18(20(24)25)17(15)14-9-5-2-6-10-14/h1-10,12,15,17H,11H2,(H,22,23)(H,24,25). The first kappa shape index (κ1) is 16.6. The second-order valence-corrected chi connectivity index (χ2v) is 5.86. The normalized spacial score (nSPS) is 19.7. The molecule has 1 aliphatic rings. The molecule has 0 aromatic heterocycles. The number of rotatable bonds is 5. The van der Waals surface area contributed by atoms with Crippen LogP contribution in [0, 0.1) is 5.92 Å². The Labute approximate surface area is 145 Å². The van der Waals surface area contributed by atoms with E-state index in [1.165, 1.54) is 6.21 Å². The lowest BCUT2D eigenvalue weighted by Gasteiger charge is -2.27. The van der Waals surface area contributed by atoms with E-state index in [0.29, 0.717) is 17.7 Å². The molecule has 5 nitrogen and oxygen atoms in total. The zero-order chi connectivity index (χ0) is 17.8. The van der Waals surface area contributed by atoms with Crippen LogP contribution in [-0.2, 0) is 16.0 Å². The lowest BCUT2D eigenvalue weighted by atomic mass is 9.78. The number of aliphatic carboxylic acids is 2. The van der Waals surface area contributed by atoms with E-state index >= 15 is 0 Å². The molecule has 0 radical (unpaired) electrons. The van der Waals surface area contributed by atoms with Crippen molar-refractivity contribution in [2.24, 2.45) is 10.9 Å². The van der Waals surface area contributed by atoms with Crippen molar-refractivity contribution in [3.05, 3.63) is 83.1 Å². The molecule has 3 rings (SSSR count). The van der Waals surface area contributed by atoms with Gasteiger partial charge < -0.3 is 10.2 Å². The van der Waals surface area contributed by atoms with E-state index in [9.17, 15) is 19.8 Å². The molecule has 126 valence electrons. The van der Waals surface area contributed by atoms with Crippen LogP contribution in [0.15, 0.2) is 76.9 Å². The maximum Gasteiger partial charge on any atom is 0.334 e. The van der Waals surface area contributed by atoms with Crippen LogP contribution in [0.25, 0.3) is 0 Å². The third kappa shape index (κ3) is 3.50. The Balaban J connectivity index is 2.11. The fourth-order valence-corrected chi connectivity index (χ4v) is 3.11. The van der Waals surface area contributed by atoms with Crippen molar-refractivity contribution in [2.45, 2.75) is 12.3 Å². The van der Waals surface area contributed by atoms with Crippen molar-refractivity contribution in [3.63, 3.8) is 0 Å². The number of benzene rings is 2. The van der Waals surface area contributed by atoms with Gasteiger partial charge in [0.15, 0.2) is 0 Å². The molecule has 0 saturated heterocycles. The van der Waals surface area contributed by atoms with Gasteiger partial charge in [-0.25, -0.2) is 4.79 Å². The van der Waals surface area contributed by atoms with E-state index in [-0.39, 0.29) is 5.57 Å². The van der Waals surface area contributed by atoms with Gasteiger partial charge in [-0.15, -0.1) is 0 Å². The molecule has 0 saturated carbocycles. The number of allylic oxidation sites excluding steroid dienone is 1. The zero-order valence-corrected chi connectivity index (χ0v) is 13.4. The van der Waals surface area contributed by atoms with E-state index in [4.69, 9.17) is 0 Å². The molecule has 0 amide bonds. The van der Waals surface area contributed by atoms with Gasteiger partial charge in [-0.05, 0) is 11.1 Å². The Kier molecular flexibility index (Phi) is 4.75. The summed E-state index contributed by atoms with van der Waals surface area (Å²) < 4.78 is 0. The maximum absolute atomic E-state index is 12.0. The van der Waals surface area contributed by atoms with Gasteiger partial charge in [-0.2, -0.15) is 0 Å². The highest BCUT2D eigenvalue weighted by molar-refractivity contribution is 5.98. The molecule has 2 atom stereocenters. The maximum atomic E-state index is 12.0. The molecule has 1 heterocycles. The number of carboxylic acids is 2. The number of hydrogen-bond acceptors (Lipinski definition) is 3. The fourth-order valence-electron chi connectivity index (χ4n) is 3.11. The molecule has 2 N–H and O–H groups in total. The minimum absolute atomic E-state index is 0.0463. The van der Waals surface area contributed by atoms with E-state index < -0.39 is 23.8 Å². The topological polar surface area (TPSA) is 87.0 Å². The predicted octanol–water partition coefficient (Wildman–Crippen LogP) is 3.14. The summed E-state index contributed by atoms with van der Waals surface area (Å²) >= 11 is 0. The molecule has 2 unspecified atom stereocenters. The lowest BCUT2D eigenvalue weighted by molar-refractivity contribution is -0.139. The van der Waals surface area contributed by atoms with Gasteiger partial charge in [0.1, 0.15) is 5.92 Å². The largest absolute Gasteiger partial charge is 0.481 e. The van der Waals surface area contributed by atoms with Crippen LogP contribution in [0.2, 0.25) is 0 Å². The van der Waals surface area contributed by atoms with Crippen LogP contribution in [0.4, 0.5) is 0 Å². The van der Waals surface area contributed by atoms with Gasteiger partial charge in [0, 0.05) is 18.6 Å². The van der Waals surface area contributed by atoms with Crippen LogP contribution in [-0.4, -0.2) is 28.4 Å². The van der Waals surface area contributed by atoms with Crippen molar-refractivity contribution in [1.82, 2.24) is 0 Å². The second-order valence-electron chi connectivity index (χ2n) is 5.86. The molecule has 0 spiro atoms. The summed E-state index contributed by atoms with van der Waals surface area (Å²) in [4.78, 5) is 27.8. The van der Waals surface area contributed by atoms with Gasteiger partial charge in [0.2, 0.25) is 0 Å². The van der Waals surface area contributed by atoms with Crippen molar-refractivity contribution in [2.75, 3.05) is 0 Å². The van der Waals surface area contributed by atoms with E-state index in [2.05, 4.69) is 4.99 Å². The summed E-state index contributed by atoms with van der Waals surface area (Å²) in [6.45, 7) is 0. The summed E-state index contributed by atoms with van der Waals surface area (Å²) in [5.41, 5.74) is 2.02. The number of aliphatic imine (C=N–C) groups is 1. The quantitative estimate of drug-likeness (QED) is 0.879. The zero-order valence-electron chi connectivity index (χ0n) is 13.4. The molecule has 2 aromatic rings. The van der Waals surface area contributed by atoms with Crippen LogP contribution in [0.5, 0.6) is 0 Å². The predicted molar refractivity (Wildman–Crippen MR) is 93.6 cm³/mol. The van der Waals surface area contributed by atoms with Crippen LogP contribution in [0.3, 0.4) is 0 Å². The molecule has 0 aliphatic carbocycles.